The molecule has 6 heteroatoms. The molecule has 1 amide bonds. The predicted octanol–water partition coefficient (Wildman–Crippen LogP) is 1.05. The van der Waals surface area contributed by atoms with E-state index in [0.29, 0.717) is 11.6 Å². The number of nitrogens with one attached hydrogen (secondary N) is 3. The SMILES string of the molecule is CC(C)c1cc(C(=O)NC2CCNC2)n[nH]1.Cl. The summed E-state index contributed by atoms with van der Waals surface area (Å²) in [4.78, 5) is 11.8. The fraction of sp³-hybridized carbons (Fsp3) is 0.636. The van der Waals surface area contributed by atoms with Crippen molar-refractivity contribution in [1.82, 2.24) is 20.8 Å². The van der Waals surface area contributed by atoms with Gasteiger partial charge in [0.05, 0.1) is 0 Å². The van der Waals surface area contributed by atoms with Crippen molar-refractivity contribution in [1.29, 1.82) is 0 Å². The van der Waals surface area contributed by atoms with E-state index in [1.54, 1.807) is 0 Å². The number of carbonyl (C=O) groups excluding carboxylic acids is 1. The van der Waals surface area contributed by atoms with Gasteiger partial charge in [-0.3, -0.25) is 9.89 Å². The van der Waals surface area contributed by atoms with Crippen LogP contribution in [0.5, 0.6) is 0 Å². The maximum atomic E-state index is 11.8. The van der Waals surface area contributed by atoms with Gasteiger partial charge in [-0.15, -0.1) is 12.4 Å². The minimum absolute atomic E-state index is 0. The highest BCUT2D eigenvalue weighted by atomic mass is 35.5. The van der Waals surface area contributed by atoms with E-state index in [2.05, 4.69) is 34.7 Å². The summed E-state index contributed by atoms with van der Waals surface area (Å²) in [6.07, 6.45) is 0.993. The average Bonchev–Trinajstić information content (AvgIpc) is 2.86. The molecular formula is C11H19ClN4O. The fourth-order valence-corrected chi connectivity index (χ4v) is 1.79. The van der Waals surface area contributed by atoms with E-state index >= 15 is 0 Å². The van der Waals surface area contributed by atoms with Gasteiger partial charge in [0.1, 0.15) is 5.69 Å². The van der Waals surface area contributed by atoms with Crippen LogP contribution in [0.2, 0.25) is 0 Å². The second kappa shape index (κ2) is 6.02. The Kier molecular flexibility index (Phi) is 4.96. The van der Waals surface area contributed by atoms with Crippen LogP contribution in [0.4, 0.5) is 0 Å². The van der Waals surface area contributed by atoms with Gasteiger partial charge in [-0.2, -0.15) is 5.10 Å². The molecule has 0 aromatic carbocycles. The topological polar surface area (TPSA) is 69.8 Å². The minimum Gasteiger partial charge on any atom is -0.347 e. The summed E-state index contributed by atoms with van der Waals surface area (Å²) in [5.41, 5.74) is 1.48. The molecule has 1 unspecified atom stereocenters. The third-order valence-corrected chi connectivity index (χ3v) is 2.85. The normalized spacial score (nSPS) is 19.1. The van der Waals surface area contributed by atoms with Gasteiger partial charge in [0.15, 0.2) is 0 Å². The highest BCUT2D eigenvalue weighted by molar-refractivity contribution is 5.92. The maximum absolute atomic E-state index is 11.8. The van der Waals surface area contributed by atoms with Crippen LogP contribution in [0.15, 0.2) is 6.07 Å². The van der Waals surface area contributed by atoms with Gasteiger partial charge in [-0.25, -0.2) is 0 Å². The molecule has 0 aliphatic carbocycles. The van der Waals surface area contributed by atoms with Crippen LogP contribution >= 0.6 is 12.4 Å². The minimum atomic E-state index is -0.0862. The standard InChI is InChI=1S/C11H18N4O.ClH/c1-7(2)9-5-10(15-14-9)11(16)13-8-3-4-12-6-8;/h5,7-8,12H,3-4,6H2,1-2H3,(H,13,16)(H,14,15);1H. The molecule has 1 aromatic rings. The number of H-pyrrole nitrogens is 1. The molecule has 3 N–H and O–H groups in total. The van der Waals surface area contributed by atoms with E-state index in [9.17, 15) is 4.79 Å². The third-order valence-electron chi connectivity index (χ3n) is 2.85. The number of nitrogens with zero attached hydrogens (tertiary/aromatic N) is 1. The Morgan fingerprint density at radius 2 is 2.35 bits per heavy atom. The van der Waals surface area contributed by atoms with E-state index in [-0.39, 0.29) is 24.4 Å². The van der Waals surface area contributed by atoms with Crippen LogP contribution in [-0.4, -0.2) is 35.2 Å². The molecule has 0 saturated carbocycles. The zero-order valence-corrected chi connectivity index (χ0v) is 10.9. The van der Waals surface area contributed by atoms with E-state index in [1.807, 2.05) is 6.07 Å². The molecule has 1 aliphatic rings. The number of rotatable bonds is 3. The summed E-state index contributed by atoms with van der Waals surface area (Å²) >= 11 is 0. The molecule has 1 saturated heterocycles. The molecule has 1 fully saturated rings. The molecule has 0 radical (unpaired) electrons. The lowest BCUT2D eigenvalue weighted by atomic mass is 10.1. The summed E-state index contributed by atoms with van der Waals surface area (Å²) in [5, 5.41) is 13.1. The van der Waals surface area contributed by atoms with Crippen molar-refractivity contribution in [3.8, 4) is 0 Å². The molecule has 1 aromatic heterocycles. The molecule has 5 nitrogen and oxygen atoms in total. The molecular weight excluding hydrogens is 240 g/mol. The molecule has 0 spiro atoms. The Morgan fingerprint density at radius 3 is 2.88 bits per heavy atom. The second-order valence-electron chi connectivity index (χ2n) is 4.53. The summed E-state index contributed by atoms with van der Waals surface area (Å²) < 4.78 is 0. The molecule has 1 aliphatic heterocycles. The van der Waals surface area contributed by atoms with Crippen molar-refractivity contribution in [2.75, 3.05) is 13.1 Å². The summed E-state index contributed by atoms with van der Waals surface area (Å²) in [6.45, 7) is 5.96. The smallest absolute Gasteiger partial charge is 0.272 e. The van der Waals surface area contributed by atoms with E-state index in [0.717, 1.165) is 25.2 Å². The van der Waals surface area contributed by atoms with Gasteiger partial charge in [-0.05, 0) is 24.9 Å². The van der Waals surface area contributed by atoms with Crippen LogP contribution in [0.3, 0.4) is 0 Å². The van der Waals surface area contributed by atoms with Crippen molar-refractivity contribution < 1.29 is 4.79 Å². The number of amides is 1. The Morgan fingerprint density at radius 1 is 1.59 bits per heavy atom. The zero-order chi connectivity index (χ0) is 11.5. The van der Waals surface area contributed by atoms with Crippen molar-refractivity contribution in [2.24, 2.45) is 0 Å². The Balaban J connectivity index is 0.00000144. The van der Waals surface area contributed by atoms with Gasteiger partial charge in [0.2, 0.25) is 0 Å². The molecule has 96 valence electrons. The van der Waals surface area contributed by atoms with E-state index < -0.39 is 0 Å². The Bertz CT molecular complexity index is 371. The molecule has 2 rings (SSSR count). The van der Waals surface area contributed by atoms with Gasteiger partial charge in [0.25, 0.3) is 5.91 Å². The number of aromatic amines is 1. The highest BCUT2D eigenvalue weighted by Crippen LogP contribution is 2.12. The summed E-state index contributed by atoms with van der Waals surface area (Å²) in [6, 6.07) is 2.06. The molecule has 0 bridgehead atoms. The number of carbonyl (C=O) groups is 1. The van der Waals surface area contributed by atoms with Crippen LogP contribution in [0.25, 0.3) is 0 Å². The monoisotopic (exact) mass is 258 g/mol. The second-order valence-corrected chi connectivity index (χ2v) is 4.53. The molecule has 17 heavy (non-hydrogen) atoms. The van der Waals surface area contributed by atoms with E-state index in [4.69, 9.17) is 0 Å². The van der Waals surface area contributed by atoms with Crippen molar-refractivity contribution in [2.45, 2.75) is 32.2 Å². The van der Waals surface area contributed by atoms with Crippen LogP contribution in [0.1, 0.15) is 42.4 Å². The molecule has 1 atom stereocenters. The first kappa shape index (κ1) is 14.0. The average molecular weight is 259 g/mol. The van der Waals surface area contributed by atoms with Gasteiger partial charge < -0.3 is 10.6 Å². The molecule has 2 heterocycles. The largest absolute Gasteiger partial charge is 0.347 e. The maximum Gasteiger partial charge on any atom is 0.272 e. The number of hydrogen-bond acceptors (Lipinski definition) is 3. The third kappa shape index (κ3) is 3.44. The first-order valence-corrected chi connectivity index (χ1v) is 5.73. The van der Waals surface area contributed by atoms with Crippen LogP contribution in [-0.2, 0) is 0 Å². The van der Waals surface area contributed by atoms with Crippen molar-refractivity contribution in [3.63, 3.8) is 0 Å². The first-order valence-electron chi connectivity index (χ1n) is 5.73. The van der Waals surface area contributed by atoms with Crippen molar-refractivity contribution >= 4 is 18.3 Å². The van der Waals surface area contributed by atoms with E-state index in [1.165, 1.54) is 0 Å². The first-order chi connectivity index (χ1) is 7.66. The van der Waals surface area contributed by atoms with Crippen LogP contribution < -0.4 is 10.6 Å². The number of halogens is 1. The zero-order valence-electron chi connectivity index (χ0n) is 10.1. The lowest BCUT2D eigenvalue weighted by Crippen LogP contribution is -2.36. The summed E-state index contributed by atoms with van der Waals surface area (Å²) in [7, 11) is 0. The quantitative estimate of drug-likeness (QED) is 0.759. The predicted molar refractivity (Wildman–Crippen MR) is 68.7 cm³/mol. The Hall–Kier alpha value is -1.07. The lowest BCUT2D eigenvalue weighted by molar-refractivity contribution is 0.0935. The van der Waals surface area contributed by atoms with Gasteiger partial charge >= 0.3 is 0 Å². The van der Waals surface area contributed by atoms with Crippen molar-refractivity contribution in [3.05, 3.63) is 17.5 Å². The van der Waals surface area contributed by atoms with Crippen LogP contribution in [0, 0.1) is 0 Å². The Labute approximate surface area is 107 Å². The lowest BCUT2D eigenvalue weighted by Gasteiger charge is -2.09. The number of hydrogen-bond donors (Lipinski definition) is 3. The highest BCUT2D eigenvalue weighted by Gasteiger charge is 2.19. The summed E-state index contributed by atoms with van der Waals surface area (Å²) in [5.74, 6) is 0.277. The number of aromatic nitrogens is 2. The fourth-order valence-electron chi connectivity index (χ4n) is 1.79. The van der Waals surface area contributed by atoms with Gasteiger partial charge in [-0.1, -0.05) is 13.8 Å². The van der Waals surface area contributed by atoms with Gasteiger partial charge in [0, 0.05) is 18.3 Å².